The Bertz CT molecular complexity index is 407. The average Bonchev–Trinajstić information content (AvgIpc) is 2.22. The predicted octanol–water partition coefficient (Wildman–Crippen LogP) is 2.18. The number of esters is 1. The Morgan fingerprint density at radius 3 is 2.69 bits per heavy atom. The molecule has 6 heteroatoms. The summed E-state index contributed by atoms with van der Waals surface area (Å²) in [6.07, 6.45) is -3.39. The zero-order chi connectivity index (χ0) is 12.3. The van der Waals surface area contributed by atoms with E-state index in [-0.39, 0.29) is 17.7 Å². The van der Waals surface area contributed by atoms with E-state index in [1.165, 1.54) is 13.0 Å². The molecule has 0 aliphatic carbocycles. The van der Waals surface area contributed by atoms with Gasteiger partial charge in [0.15, 0.2) is 5.82 Å². The van der Waals surface area contributed by atoms with Crippen molar-refractivity contribution >= 4 is 5.97 Å². The Labute approximate surface area is 90.2 Å². The molecule has 0 atom stereocenters. The quantitative estimate of drug-likeness (QED) is 0.751. The van der Waals surface area contributed by atoms with Crippen LogP contribution in [-0.4, -0.2) is 18.1 Å². The summed E-state index contributed by atoms with van der Waals surface area (Å²) >= 11 is 0. The van der Waals surface area contributed by atoms with E-state index in [9.17, 15) is 18.0 Å². The van der Waals surface area contributed by atoms with E-state index in [4.69, 9.17) is 0 Å². The minimum Gasteiger partial charge on any atom is -0.469 e. The van der Waals surface area contributed by atoms with Crippen LogP contribution in [-0.2, 0) is 16.0 Å². The van der Waals surface area contributed by atoms with Gasteiger partial charge in [-0.1, -0.05) is 0 Å². The van der Waals surface area contributed by atoms with Crippen molar-refractivity contribution < 1.29 is 22.7 Å². The number of carbonyl (C=O) groups is 1. The molecule has 0 spiro atoms. The van der Waals surface area contributed by atoms with Gasteiger partial charge in [-0.05, 0) is 13.0 Å². The smallest absolute Gasteiger partial charge is 0.310 e. The van der Waals surface area contributed by atoms with E-state index < -0.39 is 23.9 Å². The third kappa shape index (κ3) is 2.71. The number of carbonyl (C=O) groups excluding carboxylic acids is 1. The highest BCUT2D eigenvalue weighted by atomic mass is 19.3. The number of hydrogen-bond acceptors (Lipinski definition) is 3. The molecule has 0 N–H and O–H groups in total. The molecule has 88 valence electrons. The third-order valence-corrected chi connectivity index (χ3v) is 1.96. The van der Waals surface area contributed by atoms with Crippen molar-refractivity contribution in [3.63, 3.8) is 0 Å². The Morgan fingerprint density at radius 2 is 2.19 bits per heavy atom. The summed E-state index contributed by atoms with van der Waals surface area (Å²) in [7, 11) is 1.14. The molecular formula is C10H10F3NO2. The van der Waals surface area contributed by atoms with Crippen LogP contribution in [0.1, 0.15) is 23.4 Å². The molecule has 1 aromatic rings. The van der Waals surface area contributed by atoms with Gasteiger partial charge >= 0.3 is 5.97 Å². The fourth-order valence-electron chi connectivity index (χ4n) is 1.25. The van der Waals surface area contributed by atoms with E-state index in [0.717, 1.165) is 7.11 Å². The predicted molar refractivity (Wildman–Crippen MR) is 49.6 cm³/mol. The minimum absolute atomic E-state index is 0.130. The Hall–Kier alpha value is -1.59. The number of rotatable bonds is 3. The topological polar surface area (TPSA) is 39.2 Å². The molecule has 0 unspecified atom stereocenters. The molecule has 0 radical (unpaired) electrons. The largest absolute Gasteiger partial charge is 0.469 e. The van der Waals surface area contributed by atoms with Crippen molar-refractivity contribution in [2.75, 3.05) is 7.11 Å². The summed E-state index contributed by atoms with van der Waals surface area (Å²) in [5.41, 5.74) is -0.829. The first-order chi connectivity index (χ1) is 7.45. The lowest BCUT2D eigenvalue weighted by atomic mass is 10.1. The van der Waals surface area contributed by atoms with Crippen LogP contribution in [0.4, 0.5) is 13.2 Å². The molecular weight excluding hydrogens is 223 g/mol. The number of nitrogens with zero attached hydrogens (tertiary/aromatic N) is 1. The molecule has 16 heavy (non-hydrogen) atoms. The normalized spacial score (nSPS) is 10.6. The minimum atomic E-state index is -3.00. The Morgan fingerprint density at radius 1 is 1.56 bits per heavy atom. The van der Waals surface area contributed by atoms with Crippen LogP contribution in [0.2, 0.25) is 0 Å². The molecule has 0 aliphatic heterocycles. The number of alkyl halides is 2. The van der Waals surface area contributed by atoms with Crippen molar-refractivity contribution in [1.29, 1.82) is 0 Å². The molecule has 0 bridgehead atoms. The van der Waals surface area contributed by atoms with Gasteiger partial charge in [0.25, 0.3) is 6.43 Å². The number of pyridine rings is 1. The van der Waals surface area contributed by atoms with Crippen LogP contribution < -0.4 is 0 Å². The fourth-order valence-corrected chi connectivity index (χ4v) is 1.25. The number of halogens is 3. The highest BCUT2D eigenvalue weighted by Crippen LogP contribution is 2.23. The number of ether oxygens (including phenoxy) is 1. The van der Waals surface area contributed by atoms with Gasteiger partial charge in [0, 0.05) is 11.3 Å². The van der Waals surface area contributed by atoms with Crippen molar-refractivity contribution in [3.8, 4) is 0 Å². The first-order valence-corrected chi connectivity index (χ1v) is 4.46. The van der Waals surface area contributed by atoms with Gasteiger partial charge in [0.05, 0.1) is 13.5 Å². The average molecular weight is 233 g/mol. The molecule has 1 rings (SSSR count). The third-order valence-electron chi connectivity index (χ3n) is 1.96. The first-order valence-electron chi connectivity index (χ1n) is 4.46. The van der Waals surface area contributed by atoms with Crippen LogP contribution in [0, 0.1) is 12.7 Å². The van der Waals surface area contributed by atoms with Crippen LogP contribution in [0.15, 0.2) is 6.07 Å². The molecule has 0 fully saturated rings. The molecule has 1 heterocycles. The van der Waals surface area contributed by atoms with Gasteiger partial charge in [0.1, 0.15) is 5.69 Å². The molecule has 0 amide bonds. The van der Waals surface area contributed by atoms with Gasteiger partial charge < -0.3 is 4.74 Å². The highest BCUT2D eigenvalue weighted by molar-refractivity contribution is 5.72. The van der Waals surface area contributed by atoms with Crippen LogP contribution in [0.5, 0.6) is 0 Å². The molecule has 3 nitrogen and oxygen atoms in total. The van der Waals surface area contributed by atoms with Gasteiger partial charge in [-0.15, -0.1) is 0 Å². The molecule has 0 saturated carbocycles. The summed E-state index contributed by atoms with van der Waals surface area (Å²) in [6.45, 7) is 1.45. The van der Waals surface area contributed by atoms with E-state index in [0.29, 0.717) is 0 Å². The summed E-state index contributed by atoms with van der Waals surface area (Å²) in [4.78, 5) is 14.3. The van der Waals surface area contributed by atoms with Crippen LogP contribution >= 0.6 is 0 Å². The van der Waals surface area contributed by atoms with Crippen molar-refractivity contribution in [3.05, 3.63) is 28.8 Å². The zero-order valence-corrected chi connectivity index (χ0v) is 8.76. The van der Waals surface area contributed by atoms with E-state index in [2.05, 4.69) is 9.72 Å². The molecule has 0 aromatic carbocycles. The van der Waals surface area contributed by atoms with Crippen LogP contribution in [0.25, 0.3) is 0 Å². The van der Waals surface area contributed by atoms with Gasteiger partial charge in [-0.25, -0.2) is 18.2 Å². The molecule has 0 saturated heterocycles. The Kier molecular flexibility index (Phi) is 3.87. The number of methoxy groups -OCH3 is 1. The second-order valence-electron chi connectivity index (χ2n) is 3.18. The second-order valence-corrected chi connectivity index (χ2v) is 3.18. The monoisotopic (exact) mass is 233 g/mol. The lowest BCUT2D eigenvalue weighted by Gasteiger charge is -2.07. The van der Waals surface area contributed by atoms with E-state index >= 15 is 0 Å². The summed E-state index contributed by atoms with van der Waals surface area (Å²) in [5, 5.41) is 0. The van der Waals surface area contributed by atoms with Crippen molar-refractivity contribution in [1.82, 2.24) is 4.98 Å². The molecule has 0 aliphatic rings. The second kappa shape index (κ2) is 4.96. The van der Waals surface area contributed by atoms with Gasteiger partial charge in [0.2, 0.25) is 0 Å². The summed E-state index contributed by atoms with van der Waals surface area (Å²) < 4.78 is 42.6. The van der Waals surface area contributed by atoms with Gasteiger partial charge in [-0.3, -0.25) is 4.79 Å². The summed E-state index contributed by atoms with van der Waals surface area (Å²) in [5.74, 6) is -1.84. The number of aromatic nitrogens is 1. The maximum Gasteiger partial charge on any atom is 0.310 e. The maximum atomic E-state index is 13.4. The Balaban J connectivity index is 3.14. The first kappa shape index (κ1) is 12.5. The SMILES string of the molecule is COC(=O)Cc1cc(C)nc(C(F)F)c1F. The maximum absolute atomic E-state index is 13.4. The molecule has 1 aromatic heterocycles. The highest BCUT2D eigenvalue weighted by Gasteiger charge is 2.20. The lowest BCUT2D eigenvalue weighted by Crippen LogP contribution is -2.10. The number of hydrogen-bond donors (Lipinski definition) is 0. The standard InChI is InChI=1S/C10H10F3NO2/c1-5-3-6(4-7(15)16-2)8(11)9(14-5)10(12)13/h3,10H,4H2,1-2H3. The van der Waals surface area contributed by atoms with E-state index in [1.54, 1.807) is 0 Å². The van der Waals surface area contributed by atoms with Crippen LogP contribution in [0.3, 0.4) is 0 Å². The lowest BCUT2D eigenvalue weighted by molar-refractivity contribution is -0.139. The fraction of sp³-hybridized carbons (Fsp3) is 0.400. The van der Waals surface area contributed by atoms with E-state index in [1.807, 2.05) is 0 Å². The zero-order valence-electron chi connectivity index (χ0n) is 8.76. The van der Waals surface area contributed by atoms with Gasteiger partial charge in [-0.2, -0.15) is 0 Å². The number of aryl methyl sites for hydroxylation is 1. The van der Waals surface area contributed by atoms with Crippen molar-refractivity contribution in [2.24, 2.45) is 0 Å². The summed E-state index contributed by atoms with van der Waals surface area (Å²) in [6, 6.07) is 1.25. The van der Waals surface area contributed by atoms with Crippen molar-refractivity contribution in [2.45, 2.75) is 19.8 Å².